The maximum Gasteiger partial charge on any atom is 1.00 e. The molecule has 4 nitrogen and oxygen atoms in total. The zero-order valence-electron chi connectivity index (χ0n) is 20.5. The third-order valence-corrected chi connectivity index (χ3v) is 7.43. The molecule has 0 aromatic heterocycles. The second kappa shape index (κ2) is 10.6. The summed E-state index contributed by atoms with van der Waals surface area (Å²) in [5.41, 5.74) is 4.53. The van der Waals surface area contributed by atoms with Gasteiger partial charge in [-0.25, -0.2) is 13.3 Å². The Kier molecular flexibility index (Phi) is 7.45. The monoisotopic (exact) mass is 536 g/mol. The van der Waals surface area contributed by atoms with Gasteiger partial charge in [0.25, 0.3) is 0 Å². The molecule has 0 amide bonds. The first kappa shape index (κ1) is 26.6. The Bertz CT molecular complexity index is 1550. The molecule has 6 rings (SSSR count). The van der Waals surface area contributed by atoms with Crippen molar-refractivity contribution in [2.75, 3.05) is 0 Å². The Morgan fingerprint density at radius 1 is 0.605 bits per heavy atom. The van der Waals surface area contributed by atoms with Crippen molar-refractivity contribution in [1.29, 1.82) is 0 Å². The van der Waals surface area contributed by atoms with Crippen LogP contribution in [0.4, 0.5) is 8.78 Å². The predicted molar refractivity (Wildman–Crippen MR) is 137 cm³/mol. The van der Waals surface area contributed by atoms with Crippen molar-refractivity contribution in [3.63, 3.8) is 0 Å². The van der Waals surface area contributed by atoms with Crippen LogP contribution in [0.3, 0.4) is 0 Å². The fourth-order valence-corrected chi connectivity index (χ4v) is 5.68. The Morgan fingerprint density at radius 3 is 1.45 bits per heavy atom. The summed E-state index contributed by atoms with van der Waals surface area (Å²) in [5.74, 6) is -1.07. The summed E-state index contributed by atoms with van der Waals surface area (Å²) in [6.45, 7) is 0. The van der Waals surface area contributed by atoms with E-state index in [4.69, 9.17) is 9.05 Å². The fraction of sp³-hybridized carbons (Fsp3) is 0.0667. The average molecular weight is 536 g/mol. The van der Waals surface area contributed by atoms with Gasteiger partial charge in [0.1, 0.15) is 23.2 Å². The van der Waals surface area contributed by atoms with Crippen molar-refractivity contribution in [2.24, 2.45) is 0 Å². The molecule has 4 aromatic carbocycles. The standard InChI is InChI=1S/C30H21F2O4P.Na/c31-27-13-5-9-21-15-19-7-1-3-11-23(19)29(17-25(21)27)35-37(33,34)36-30-18-26-22(10-6-14-28(26)32)16-20-8-2-4-12-24(20)30;/h1-14,17-18H,15-16H2,(H,33,34);/q;+1/p-1. The van der Waals surface area contributed by atoms with E-state index in [-0.39, 0.29) is 52.2 Å². The molecule has 0 bridgehead atoms. The van der Waals surface area contributed by atoms with Crippen LogP contribution in [0, 0.1) is 11.6 Å². The summed E-state index contributed by atoms with van der Waals surface area (Å²) < 4.78 is 53.8. The molecule has 2 aliphatic carbocycles. The first-order chi connectivity index (χ1) is 17.9. The topological polar surface area (TPSA) is 58.6 Å². The van der Waals surface area contributed by atoms with Crippen molar-refractivity contribution in [2.45, 2.75) is 12.8 Å². The summed E-state index contributed by atoms with van der Waals surface area (Å²) in [6, 6.07) is 23.7. The smallest absolute Gasteiger partial charge is 0.736 e. The first-order valence-corrected chi connectivity index (χ1v) is 13.2. The summed E-state index contributed by atoms with van der Waals surface area (Å²) in [4.78, 5) is 13.3. The minimum absolute atomic E-state index is 0. The van der Waals surface area contributed by atoms with Gasteiger partial charge in [0.05, 0.1) is 0 Å². The molecule has 0 atom stereocenters. The fourth-order valence-electron chi connectivity index (χ4n) is 4.86. The number of hydrogen-bond acceptors (Lipinski definition) is 4. The van der Waals surface area contributed by atoms with Gasteiger partial charge >= 0.3 is 37.4 Å². The normalized spacial score (nSPS) is 13.7. The third-order valence-electron chi connectivity index (χ3n) is 6.59. The van der Waals surface area contributed by atoms with E-state index in [2.05, 4.69) is 0 Å². The van der Waals surface area contributed by atoms with Crippen LogP contribution in [-0.4, -0.2) is 0 Å². The molecule has 38 heavy (non-hydrogen) atoms. The summed E-state index contributed by atoms with van der Waals surface area (Å²) in [6.07, 6.45) is 3.58. The Morgan fingerprint density at radius 2 is 1.00 bits per heavy atom. The van der Waals surface area contributed by atoms with Gasteiger partial charge in [0.2, 0.25) is 0 Å². The minimum Gasteiger partial charge on any atom is -0.736 e. The van der Waals surface area contributed by atoms with E-state index in [9.17, 15) is 18.2 Å². The van der Waals surface area contributed by atoms with Gasteiger partial charge in [0, 0.05) is 22.3 Å². The Hall–Kier alpha value is -2.99. The van der Waals surface area contributed by atoms with Crippen LogP contribution in [0.2, 0.25) is 0 Å². The number of fused-ring (bicyclic) bond motifs is 4. The van der Waals surface area contributed by atoms with Crippen LogP contribution in [0.25, 0.3) is 23.7 Å². The molecule has 0 saturated carbocycles. The van der Waals surface area contributed by atoms with E-state index in [1.807, 2.05) is 24.3 Å². The van der Waals surface area contributed by atoms with Crippen LogP contribution in [0.5, 0.6) is 0 Å². The SMILES string of the molecule is O=P([O-])(OC1=Cc2c(F)cccc2Cc2ccccc21)OC1=Cc2c(F)cccc2Cc2ccccc21.[Na+]. The molecule has 8 heteroatoms. The average Bonchev–Trinajstić information content (AvgIpc) is 3.13. The molecular weight excluding hydrogens is 516 g/mol. The van der Waals surface area contributed by atoms with Crippen molar-refractivity contribution in [3.8, 4) is 0 Å². The molecule has 0 spiro atoms. The van der Waals surface area contributed by atoms with Gasteiger partial charge < -0.3 is 13.9 Å². The molecule has 0 N–H and O–H groups in total. The second-order valence-corrected chi connectivity index (χ2v) is 10.2. The Balaban J connectivity index is 0.00000294. The minimum atomic E-state index is -5.06. The molecule has 4 aromatic rings. The number of benzene rings is 4. The van der Waals surface area contributed by atoms with Gasteiger partial charge in [0.15, 0.2) is 0 Å². The quantitative estimate of drug-likeness (QED) is 0.293. The van der Waals surface area contributed by atoms with E-state index >= 15 is 0 Å². The predicted octanol–water partition coefficient (Wildman–Crippen LogP) is 3.98. The number of halogens is 2. The molecule has 0 unspecified atom stereocenters. The van der Waals surface area contributed by atoms with Crippen LogP contribution >= 0.6 is 7.82 Å². The zero-order chi connectivity index (χ0) is 25.6. The van der Waals surface area contributed by atoms with E-state index in [0.717, 1.165) is 11.1 Å². The van der Waals surface area contributed by atoms with Crippen molar-refractivity contribution in [1.82, 2.24) is 0 Å². The molecule has 184 valence electrons. The number of phosphoric acid groups is 1. The van der Waals surface area contributed by atoms with E-state index in [1.165, 1.54) is 24.3 Å². The summed E-state index contributed by atoms with van der Waals surface area (Å²) in [7, 11) is -5.06. The summed E-state index contributed by atoms with van der Waals surface area (Å²) in [5, 5.41) is 0. The van der Waals surface area contributed by atoms with Crippen molar-refractivity contribution >= 4 is 31.5 Å². The molecule has 0 heterocycles. The van der Waals surface area contributed by atoms with Crippen LogP contribution in [0.1, 0.15) is 44.5 Å². The maximum absolute atomic E-state index is 14.7. The van der Waals surface area contributed by atoms with Crippen LogP contribution in [0.15, 0.2) is 84.9 Å². The molecule has 0 saturated heterocycles. The Labute approximate surface area is 241 Å². The van der Waals surface area contributed by atoms with Gasteiger partial charge in [-0.1, -0.05) is 72.8 Å². The van der Waals surface area contributed by atoms with E-state index < -0.39 is 19.5 Å². The van der Waals surface area contributed by atoms with Gasteiger partial charge in [-0.3, -0.25) is 0 Å². The molecule has 0 aliphatic heterocycles. The van der Waals surface area contributed by atoms with Crippen molar-refractivity contribution in [3.05, 3.63) is 141 Å². The number of rotatable bonds is 4. The van der Waals surface area contributed by atoms with Crippen LogP contribution in [-0.2, 0) is 26.5 Å². The molecule has 2 aliphatic rings. The molecular formula is C30H20F2NaO4P. The van der Waals surface area contributed by atoms with Gasteiger partial charge in [-0.2, -0.15) is 0 Å². The first-order valence-electron chi connectivity index (χ1n) is 11.7. The summed E-state index contributed by atoms with van der Waals surface area (Å²) >= 11 is 0. The molecule has 0 radical (unpaired) electrons. The largest absolute Gasteiger partial charge is 1.00 e. The van der Waals surface area contributed by atoms with E-state index in [1.54, 1.807) is 48.5 Å². The van der Waals surface area contributed by atoms with Gasteiger partial charge in [-0.15, -0.1) is 0 Å². The third kappa shape index (κ3) is 5.15. The van der Waals surface area contributed by atoms with Crippen molar-refractivity contribution < 1.29 is 56.8 Å². The second-order valence-electron chi connectivity index (χ2n) is 8.94. The van der Waals surface area contributed by atoms with Gasteiger partial charge in [-0.05, 0) is 59.4 Å². The van der Waals surface area contributed by atoms with Crippen LogP contribution < -0.4 is 34.5 Å². The number of phosphoric ester groups is 1. The van der Waals surface area contributed by atoms with E-state index in [0.29, 0.717) is 35.1 Å². The zero-order valence-corrected chi connectivity index (χ0v) is 23.4. The maximum atomic E-state index is 14.7. The molecule has 0 fully saturated rings. The number of hydrogen-bond donors (Lipinski definition) is 0.